The minimum atomic E-state index is -0.805. The van der Waals surface area contributed by atoms with Crippen LogP contribution in [0.1, 0.15) is 39.2 Å². The second-order valence-corrected chi connectivity index (χ2v) is 6.23. The molecule has 0 spiro atoms. The van der Waals surface area contributed by atoms with Gasteiger partial charge < -0.3 is 10.0 Å². The van der Waals surface area contributed by atoms with Gasteiger partial charge >= 0.3 is 0 Å². The summed E-state index contributed by atoms with van der Waals surface area (Å²) < 4.78 is 13.0. The Morgan fingerprint density at radius 2 is 2.00 bits per heavy atom. The average molecular weight is 265 g/mol. The first kappa shape index (κ1) is 14.5. The molecule has 2 rings (SSSR count). The molecule has 1 N–H and O–H groups in total. The normalized spacial score (nSPS) is 28.8. The molecule has 0 radical (unpaired) electrons. The van der Waals surface area contributed by atoms with E-state index in [4.69, 9.17) is 0 Å². The number of likely N-dealkylation sites (tertiary alicyclic amines) is 1. The molecule has 1 saturated heterocycles. The second-order valence-electron chi connectivity index (χ2n) is 6.23. The van der Waals surface area contributed by atoms with Crippen LogP contribution in [0.15, 0.2) is 24.3 Å². The van der Waals surface area contributed by atoms with Crippen molar-refractivity contribution in [3.05, 3.63) is 35.6 Å². The average Bonchev–Trinajstić information content (AvgIpc) is 2.33. The number of aliphatic hydroxyl groups is 1. The fourth-order valence-electron chi connectivity index (χ4n) is 3.03. The molecule has 1 fully saturated rings. The van der Waals surface area contributed by atoms with Gasteiger partial charge in [0, 0.05) is 19.1 Å². The summed E-state index contributed by atoms with van der Waals surface area (Å²) in [5, 5.41) is 10.8. The zero-order valence-electron chi connectivity index (χ0n) is 12.1. The first-order valence-corrected chi connectivity index (χ1v) is 7.13. The minimum absolute atomic E-state index is 0.252. The molecule has 0 bridgehead atoms. The Bertz CT molecular complexity index is 417. The van der Waals surface area contributed by atoms with Crippen molar-refractivity contribution >= 4 is 0 Å². The molecule has 1 aliphatic rings. The highest BCUT2D eigenvalue weighted by molar-refractivity contribution is 5.24. The number of nitrogens with zero attached hydrogens (tertiary/aromatic N) is 1. The van der Waals surface area contributed by atoms with Crippen molar-refractivity contribution < 1.29 is 9.50 Å². The number of hydrogen-bond acceptors (Lipinski definition) is 2. The molecular formula is C16H24FNO. The quantitative estimate of drug-likeness (QED) is 0.907. The van der Waals surface area contributed by atoms with Gasteiger partial charge in [-0.05, 0) is 43.4 Å². The molecule has 0 aliphatic carbocycles. The van der Waals surface area contributed by atoms with Gasteiger partial charge in [-0.15, -0.1) is 0 Å². The van der Waals surface area contributed by atoms with E-state index in [1.807, 2.05) is 0 Å². The number of rotatable bonds is 3. The van der Waals surface area contributed by atoms with Gasteiger partial charge in [0.2, 0.25) is 0 Å². The Labute approximate surface area is 115 Å². The first-order valence-electron chi connectivity index (χ1n) is 7.13. The highest BCUT2D eigenvalue weighted by atomic mass is 19.1. The maximum atomic E-state index is 13.0. The van der Waals surface area contributed by atoms with Crippen molar-refractivity contribution in [1.29, 1.82) is 0 Å². The van der Waals surface area contributed by atoms with E-state index < -0.39 is 5.60 Å². The topological polar surface area (TPSA) is 23.5 Å². The van der Waals surface area contributed by atoms with E-state index in [1.165, 1.54) is 12.1 Å². The fourth-order valence-corrected chi connectivity index (χ4v) is 3.03. The molecule has 0 aromatic heterocycles. The highest BCUT2D eigenvalue weighted by Gasteiger charge is 2.37. The molecule has 3 heteroatoms. The van der Waals surface area contributed by atoms with E-state index in [2.05, 4.69) is 25.7 Å². The summed E-state index contributed by atoms with van der Waals surface area (Å²) >= 11 is 0. The monoisotopic (exact) mass is 265 g/mol. The summed E-state index contributed by atoms with van der Waals surface area (Å²) in [6.45, 7) is 8.56. The fraction of sp³-hybridized carbons (Fsp3) is 0.625. The van der Waals surface area contributed by atoms with E-state index in [0.717, 1.165) is 25.1 Å². The lowest BCUT2D eigenvalue weighted by Crippen LogP contribution is -2.48. The SMILES string of the molecule is CC(C)CN1CCC(O)(c2ccc(F)cc2)CC1C. The van der Waals surface area contributed by atoms with Crippen molar-refractivity contribution in [2.24, 2.45) is 5.92 Å². The van der Waals surface area contributed by atoms with Gasteiger partial charge in [-0.25, -0.2) is 4.39 Å². The number of halogens is 1. The summed E-state index contributed by atoms with van der Waals surface area (Å²) in [5.74, 6) is 0.386. The van der Waals surface area contributed by atoms with Gasteiger partial charge in [-0.3, -0.25) is 0 Å². The number of piperidine rings is 1. The van der Waals surface area contributed by atoms with E-state index in [0.29, 0.717) is 18.4 Å². The summed E-state index contributed by atoms with van der Waals surface area (Å²) in [6, 6.07) is 6.63. The molecule has 19 heavy (non-hydrogen) atoms. The smallest absolute Gasteiger partial charge is 0.123 e. The van der Waals surface area contributed by atoms with Crippen LogP contribution in [0.3, 0.4) is 0 Å². The Morgan fingerprint density at radius 3 is 2.53 bits per heavy atom. The molecule has 1 heterocycles. The second kappa shape index (κ2) is 5.59. The molecule has 106 valence electrons. The molecule has 2 atom stereocenters. The van der Waals surface area contributed by atoms with Crippen LogP contribution < -0.4 is 0 Å². The molecule has 2 unspecified atom stereocenters. The lowest BCUT2D eigenvalue weighted by molar-refractivity contribution is -0.0503. The van der Waals surface area contributed by atoms with Crippen LogP contribution in [0.25, 0.3) is 0 Å². The van der Waals surface area contributed by atoms with E-state index in [9.17, 15) is 9.50 Å². The Morgan fingerprint density at radius 1 is 1.37 bits per heavy atom. The van der Waals surface area contributed by atoms with Crippen LogP contribution in [-0.4, -0.2) is 29.1 Å². The van der Waals surface area contributed by atoms with Crippen molar-refractivity contribution in [3.8, 4) is 0 Å². The van der Waals surface area contributed by atoms with Gasteiger partial charge in [0.1, 0.15) is 5.82 Å². The predicted molar refractivity (Wildman–Crippen MR) is 75.4 cm³/mol. The van der Waals surface area contributed by atoms with Crippen LogP contribution in [0.5, 0.6) is 0 Å². The Balaban J connectivity index is 2.09. The molecule has 0 amide bonds. The van der Waals surface area contributed by atoms with Crippen LogP contribution in [0.4, 0.5) is 4.39 Å². The zero-order chi connectivity index (χ0) is 14.0. The van der Waals surface area contributed by atoms with Crippen LogP contribution in [0.2, 0.25) is 0 Å². The van der Waals surface area contributed by atoms with Crippen molar-refractivity contribution in [1.82, 2.24) is 4.90 Å². The van der Waals surface area contributed by atoms with Gasteiger partial charge in [-0.1, -0.05) is 26.0 Å². The maximum Gasteiger partial charge on any atom is 0.123 e. The van der Waals surface area contributed by atoms with Gasteiger partial charge in [0.15, 0.2) is 0 Å². The Kier molecular flexibility index (Phi) is 4.26. The summed E-state index contributed by atoms with van der Waals surface area (Å²) in [5.41, 5.74) is 0.0329. The summed E-state index contributed by atoms with van der Waals surface area (Å²) in [6.07, 6.45) is 1.43. The van der Waals surface area contributed by atoms with Gasteiger partial charge in [-0.2, -0.15) is 0 Å². The summed E-state index contributed by atoms with van der Waals surface area (Å²) in [4.78, 5) is 2.43. The maximum absolute atomic E-state index is 13.0. The largest absolute Gasteiger partial charge is 0.385 e. The third-order valence-corrected chi connectivity index (χ3v) is 4.05. The van der Waals surface area contributed by atoms with Crippen molar-refractivity contribution in [2.45, 2.75) is 45.3 Å². The van der Waals surface area contributed by atoms with E-state index in [-0.39, 0.29) is 5.82 Å². The lowest BCUT2D eigenvalue weighted by atomic mass is 9.81. The molecular weight excluding hydrogens is 241 g/mol. The third kappa shape index (κ3) is 3.34. The zero-order valence-corrected chi connectivity index (χ0v) is 12.1. The molecule has 1 aromatic carbocycles. The van der Waals surface area contributed by atoms with Crippen molar-refractivity contribution in [3.63, 3.8) is 0 Å². The number of hydrogen-bond donors (Lipinski definition) is 1. The molecule has 2 nitrogen and oxygen atoms in total. The number of benzene rings is 1. The van der Waals surface area contributed by atoms with E-state index >= 15 is 0 Å². The minimum Gasteiger partial charge on any atom is -0.385 e. The van der Waals surface area contributed by atoms with Crippen molar-refractivity contribution in [2.75, 3.05) is 13.1 Å². The Hall–Kier alpha value is -0.930. The molecule has 1 aliphatic heterocycles. The predicted octanol–water partition coefficient (Wildman–Crippen LogP) is 3.15. The van der Waals surface area contributed by atoms with Gasteiger partial charge in [0.05, 0.1) is 5.60 Å². The lowest BCUT2D eigenvalue weighted by Gasteiger charge is -2.43. The highest BCUT2D eigenvalue weighted by Crippen LogP contribution is 2.36. The third-order valence-electron chi connectivity index (χ3n) is 4.05. The van der Waals surface area contributed by atoms with E-state index in [1.54, 1.807) is 12.1 Å². The standard InChI is InChI=1S/C16H24FNO/c1-12(2)11-18-9-8-16(19,10-13(18)3)14-4-6-15(17)7-5-14/h4-7,12-13,19H,8-11H2,1-3H3. The van der Waals surface area contributed by atoms with Crippen LogP contribution in [0, 0.1) is 11.7 Å². The summed E-state index contributed by atoms with van der Waals surface area (Å²) in [7, 11) is 0. The molecule has 1 aromatic rings. The van der Waals surface area contributed by atoms with Gasteiger partial charge in [0.25, 0.3) is 0 Å². The van der Waals surface area contributed by atoms with Crippen LogP contribution >= 0.6 is 0 Å². The molecule has 0 saturated carbocycles. The first-order chi connectivity index (χ1) is 8.90. The van der Waals surface area contributed by atoms with Crippen LogP contribution in [-0.2, 0) is 5.60 Å².